The monoisotopic (exact) mass is 336 g/mol. The molecule has 3 heterocycles. The second kappa shape index (κ2) is 5.74. The Morgan fingerprint density at radius 3 is 3.04 bits per heavy atom. The number of nitriles is 1. The third-order valence-electron chi connectivity index (χ3n) is 4.37. The zero-order valence-electron chi connectivity index (χ0n) is 12.9. The Bertz CT molecular complexity index is 935. The summed E-state index contributed by atoms with van der Waals surface area (Å²) in [6.07, 6.45) is 6.09. The van der Waals surface area contributed by atoms with Crippen molar-refractivity contribution >= 4 is 17.2 Å². The van der Waals surface area contributed by atoms with E-state index in [4.69, 9.17) is 11.5 Å². The van der Waals surface area contributed by atoms with Crippen LogP contribution in [0.25, 0.3) is 16.4 Å². The van der Waals surface area contributed by atoms with Crippen LogP contribution in [0.4, 0.5) is 5.82 Å². The van der Waals surface area contributed by atoms with Crippen LogP contribution in [0.1, 0.15) is 23.2 Å². The molecule has 0 radical (unpaired) electrons. The molecule has 4 N–H and O–H groups in total. The van der Waals surface area contributed by atoms with Gasteiger partial charge in [0.05, 0.1) is 5.69 Å². The molecule has 120 valence electrons. The Hall–Kier alpha value is -2.69. The first-order chi connectivity index (χ1) is 11.7. The molecule has 4 rings (SSSR count). The number of nitrogens with zero attached hydrogens (tertiary/aromatic N) is 4. The predicted octanol–water partition coefficient (Wildman–Crippen LogP) is 2.27. The van der Waals surface area contributed by atoms with Gasteiger partial charge in [-0.15, -0.1) is 11.3 Å². The Morgan fingerprint density at radius 1 is 1.42 bits per heavy atom. The minimum absolute atomic E-state index is 0.0801. The molecule has 0 saturated carbocycles. The number of anilines is 1. The molecule has 0 aliphatic heterocycles. The van der Waals surface area contributed by atoms with Crippen LogP contribution in [0.5, 0.6) is 0 Å². The Morgan fingerprint density at radius 2 is 2.29 bits per heavy atom. The van der Waals surface area contributed by atoms with Crippen molar-refractivity contribution in [2.75, 3.05) is 5.73 Å². The van der Waals surface area contributed by atoms with Gasteiger partial charge in [0.1, 0.15) is 17.5 Å². The quantitative estimate of drug-likeness (QED) is 0.746. The van der Waals surface area contributed by atoms with Crippen molar-refractivity contribution in [3.05, 3.63) is 46.7 Å². The number of rotatable bonds is 2. The fraction of sp³-hybridized carbons (Fsp3) is 0.235. The smallest absolute Gasteiger partial charge is 0.193 e. The molecule has 0 fully saturated rings. The van der Waals surface area contributed by atoms with E-state index in [2.05, 4.69) is 16.0 Å². The summed E-state index contributed by atoms with van der Waals surface area (Å²) in [5.74, 6) is 0.286. The first-order valence-corrected chi connectivity index (χ1v) is 8.61. The van der Waals surface area contributed by atoms with E-state index >= 15 is 0 Å². The molecule has 0 bridgehead atoms. The predicted molar refractivity (Wildman–Crippen MR) is 93.8 cm³/mol. The molecule has 1 aliphatic carbocycles. The van der Waals surface area contributed by atoms with Crippen LogP contribution >= 0.6 is 11.3 Å². The lowest BCUT2D eigenvalue weighted by molar-refractivity contribution is 0.568. The van der Waals surface area contributed by atoms with Crippen molar-refractivity contribution < 1.29 is 0 Å². The molecule has 3 aromatic heterocycles. The summed E-state index contributed by atoms with van der Waals surface area (Å²) in [6, 6.07) is 6.24. The van der Waals surface area contributed by atoms with Gasteiger partial charge < -0.3 is 11.5 Å². The number of aryl methyl sites for hydroxylation is 1. The second-order valence-electron chi connectivity index (χ2n) is 5.87. The van der Waals surface area contributed by atoms with Crippen molar-refractivity contribution in [1.29, 1.82) is 5.26 Å². The van der Waals surface area contributed by atoms with E-state index in [0.717, 1.165) is 40.5 Å². The minimum Gasteiger partial charge on any atom is -0.383 e. The standard InChI is InChI=1S/C17H16N6S/c18-9-12-15(11-8-10(19)3-4-13(11)22-16(12)20)14-2-1-6-23(14)17-21-5-7-24-17/h1-2,5-7,10H,3-4,8,19H2,(H2,20,22)/t10-/m0/s1. The van der Waals surface area contributed by atoms with E-state index in [1.165, 1.54) is 0 Å². The lowest BCUT2D eigenvalue weighted by Gasteiger charge is -2.25. The van der Waals surface area contributed by atoms with Crippen molar-refractivity contribution in [2.24, 2.45) is 5.73 Å². The number of thiazole rings is 1. The van der Waals surface area contributed by atoms with Crippen LogP contribution in [-0.2, 0) is 12.8 Å². The van der Waals surface area contributed by atoms with Crippen LogP contribution in [0.2, 0.25) is 0 Å². The molecule has 3 aromatic rings. The zero-order valence-corrected chi connectivity index (χ0v) is 13.8. The summed E-state index contributed by atoms with van der Waals surface area (Å²) in [6.45, 7) is 0. The zero-order chi connectivity index (χ0) is 16.7. The summed E-state index contributed by atoms with van der Waals surface area (Å²) >= 11 is 1.54. The first kappa shape index (κ1) is 14.9. The summed E-state index contributed by atoms with van der Waals surface area (Å²) in [5.41, 5.74) is 16.4. The summed E-state index contributed by atoms with van der Waals surface area (Å²) in [4.78, 5) is 8.84. The van der Waals surface area contributed by atoms with Crippen molar-refractivity contribution in [3.63, 3.8) is 0 Å². The molecule has 24 heavy (non-hydrogen) atoms. The number of nitrogens with two attached hydrogens (primary N) is 2. The van der Waals surface area contributed by atoms with Gasteiger partial charge in [-0.2, -0.15) is 5.26 Å². The van der Waals surface area contributed by atoms with Crippen LogP contribution < -0.4 is 11.5 Å². The van der Waals surface area contributed by atoms with E-state index in [1.807, 2.05) is 28.3 Å². The molecular formula is C17H16N6S. The topological polar surface area (TPSA) is 107 Å². The molecule has 1 aliphatic rings. The van der Waals surface area contributed by atoms with Gasteiger partial charge in [-0.25, -0.2) is 9.97 Å². The first-order valence-electron chi connectivity index (χ1n) is 7.73. The van der Waals surface area contributed by atoms with Gasteiger partial charge in [-0.05, 0) is 37.0 Å². The number of nitrogen functional groups attached to an aromatic ring is 1. The molecule has 0 saturated heterocycles. The van der Waals surface area contributed by atoms with Gasteiger partial charge in [-0.1, -0.05) is 0 Å². The molecule has 0 amide bonds. The molecule has 0 unspecified atom stereocenters. The Balaban J connectivity index is 2.01. The molecular weight excluding hydrogens is 320 g/mol. The highest BCUT2D eigenvalue weighted by atomic mass is 32.1. The van der Waals surface area contributed by atoms with Gasteiger partial charge in [0.25, 0.3) is 0 Å². The third-order valence-corrected chi connectivity index (χ3v) is 5.14. The summed E-state index contributed by atoms with van der Waals surface area (Å²) in [5, 5.41) is 12.4. The number of hydrogen-bond donors (Lipinski definition) is 2. The number of hydrogen-bond acceptors (Lipinski definition) is 6. The highest BCUT2D eigenvalue weighted by Crippen LogP contribution is 2.37. The highest BCUT2D eigenvalue weighted by molar-refractivity contribution is 7.12. The van der Waals surface area contributed by atoms with Gasteiger partial charge >= 0.3 is 0 Å². The number of fused-ring (bicyclic) bond motifs is 1. The van der Waals surface area contributed by atoms with Crippen LogP contribution in [0.3, 0.4) is 0 Å². The van der Waals surface area contributed by atoms with E-state index in [1.54, 1.807) is 17.5 Å². The van der Waals surface area contributed by atoms with Crippen LogP contribution in [-0.4, -0.2) is 20.6 Å². The van der Waals surface area contributed by atoms with Gasteiger partial charge in [0, 0.05) is 35.1 Å². The average molecular weight is 336 g/mol. The number of pyridine rings is 1. The Kier molecular flexibility index (Phi) is 3.56. The van der Waals surface area contributed by atoms with Crippen LogP contribution in [0.15, 0.2) is 29.9 Å². The fourth-order valence-electron chi connectivity index (χ4n) is 3.29. The second-order valence-corrected chi connectivity index (χ2v) is 6.74. The molecule has 0 spiro atoms. The normalized spacial score (nSPS) is 16.6. The van der Waals surface area contributed by atoms with E-state index in [-0.39, 0.29) is 11.9 Å². The molecule has 1 atom stereocenters. The Labute approximate surface area is 143 Å². The van der Waals surface area contributed by atoms with Gasteiger partial charge in [0.2, 0.25) is 0 Å². The molecule has 0 aromatic carbocycles. The average Bonchev–Trinajstić information content (AvgIpc) is 3.24. The van der Waals surface area contributed by atoms with E-state index in [9.17, 15) is 5.26 Å². The molecule has 6 nitrogen and oxygen atoms in total. The third kappa shape index (κ3) is 2.28. The maximum Gasteiger partial charge on any atom is 0.193 e. The minimum atomic E-state index is 0.0801. The maximum atomic E-state index is 9.66. The van der Waals surface area contributed by atoms with Gasteiger partial charge in [-0.3, -0.25) is 4.57 Å². The van der Waals surface area contributed by atoms with Gasteiger partial charge in [0.15, 0.2) is 5.13 Å². The maximum absolute atomic E-state index is 9.66. The lowest BCUT2D eigenvalue weighted by atomic mass is 9.86. The van der Waals surface area contributed by atoms with Crippen molar-refractivity contribution in [2.45, 2.75) is 25.3 Å². The van der Waals surface area contributed by atoms with Crippen molar-refractivity contribution in [1.82, 2.24) is 14.5 Å². The van der Waals surface area contributed by atoms with E-state index < -0.39 is 0 Å². The van der Waals surface area contributed by atoms with E-state index in [0.29, 0.717) is 12.0 Å². The largest absolute Gasteiger partial charge is 0.383 e. The fourth-order valence-corrected chi connectivity index (χ4v) is 3.93. The lowest BCUT2D eigenvalue weighted by Crippen LogP contribution is -2.29. The summed E-state index contributed by atoms with van der Waals surface area (Å²) < 4.78 is 1.99. The highest BCUT2D eigenvalue weighted by Gasteiger charge is 2.26. The SMILES string of the molecule is N#Cc1c(N)nc2c(c1-c1cccn1-c1nccs1)C[C@@H](N)CC2. The molecule has 7 heteroatoms. The summed E-state index contributed by atoms with van der Waals surface area (Å²) in [7, 11) is 0. The van der Waals surface area contributed by atoms with Crippen LogP contribution in [0, 0.1) is 11.3 Å². The van der Waals surface area contributed by atoms with Crippen molar-refractivity contribution in [3.8, 4) is 22.5 Å². The number of aromatic nitrogens is 3.